The SMILES string of the molecule is CNc1ccc(-c2nc3ccnc(/C(N)=N\O)c3cc2-c2ccccc2)cc1. The zero-order chi connectivity index (χ0) is 19.5. The molecular formula is C22H19N5O. The molecule has 4 rings (SSSR count). The second kappa shape index (κ2) is 7.36. The molecule has 28 heavy (non-hydrogen) atoms. The van der Waals surface area contributed by atoms with Crippen LogP contribution in [-0.4, -0.2) is 28.1 Å². The number of pyridine rings is 2. The first-order valence-corrected chi connectivity index (χ1v) is 8.82. The Morgan fingerprint density at radius 3 is 2.43 bits per heavy atom. The summed E-state index contributed by atoms with van der Waals surface area (Å²) in [7, 11) is 1.89. The lowest BCUT2D eigenvalue weighted by atomic mass is 9.97. The van der Waals surface area contributed by atoms with Gasteiger partial charge in [-0.15, -0.1) is 0 Å². The number of nitrogens with zero attached hydrogens (tertiary/aromatic N) is 3. The van der Waals surface area contributed by atoms with Crippen LogP contribution in [0.5, 0.6) is 0 Å². The van der Waals surface area contributed by atoms with Crippen molar-refractivity contribution in [3.63, 3.8) is 0 Å². The highest BCUT2D eigenvalue weighted by Gasteiger charge is 2.15. The van der Waals surface area contributed by atoms with Crippen molar-refractivity contribution >= 4 is 22.4 Å². The number of oxime groups is 1. The molecule has 0 fully saturated rings. The average molecular weight is 369 g/mol. The van der Waals surface area contributed by atoms with Gasteiger partial charge in [-0.05, 0) is 29.8 Å². The Morgan fingerprint density at radius 2 is 1.75 bits per heavy atom. The van der Waals surface area contributed by atoms with Gasteiger partial charge in [0, 0.05) is 35.4 Å². The number of aromatic nitrogens is 2. The van der Waals surface area contributed by atoms with Crippen LogP contribution in [0.3, 0.4) is 0 Å². The Hall–Kier alpha value is -3.93. The number of hydrogen-bond acceptors (Lipinski definition) is 5. The van der Waals surface area contributed by atoms with Gasteiger partial charge in [-0.1, -0.05) is 47.6 Å². The number of anilines is 1. The van der Waals surface area contributed by atoms with Crippen molar-refractivity contribution in [3.8, 4) is 22.4 Å². The van der Waals surface area contributed by atoms with Crippen molar-refractivity contribution in [3.05, 3.63) is 78.6 Å². The lowest BCUT2D eigenvalue weighted by Crippen LogP contribution is -2.15. The third kappa shape index (κ3) is 3.12. The molecule has 0 saturated carbocycles. The minimum absolute atomic E-state index is 0.0439. The lowest BCUT2D eigenvalue weighted by Gasteiger charge is -2.13. The number of benzene rings is 2. The first-order valence-electron chi connectivity index (χ1n) is 8.82. The number of rotatable bonds is 4. The van der Waals surface area contributed by atoms with E-state index in [9.17, 15) is 0 Å². The molecule has 4 N–H and O–H groups in total. The molecule has 0 aliphatic heterocycles. The van der Waals surface area contributed by atoms with Crippen LogP contribution in [0, 0.1) is 0 Å². The third-order valence-electron chi connectivity index (χ3n) is 4.63. The number of fused-ring (bicyclic) bond motifs is 1. The minimum atomic E-state index is -0.0439. The molecule has 138 valence electrons. The summed E-state index contributed by atoms with van der Waals surface area (Å²) in [6.45, 7) is 0. The Bertz CT molecular complexity index is 1150. The maximum atomic E-state index is 9.11. The van der Waals surface area contributed by atoms with Crippen LogP contribution >= 0.6 is 0 Å². The third-order valence-corrected chi connectivity index (χ3v) is 4.63. The van der Waals surface area contributed by atoms with Gasteiger partial charge in [0.25, 0.3) is 0 Å². The van der Waals surface area contributed by atoms with E-state index in [4.69, 9.17) is 15.9 Å². The molecule has 2 heterocycles. The van der Waals surface area contributed by atoms with Crippen molar-refractivity contribution < 1.29 is 5.21 Å². The van der Waals surface area contributed by atoms with Crippen molar-refractivity contribution in [2.24, 2.45) is 10.9 Å². The maximum absolute atomic E-state index is 9.11. The lowest BCUT2D eigenvalue weighted by molar-refractivity contribution is 0.318. The number of hydrogen-bond donors (Lipinski definition) is 3. The fraction of sp³-hybridized carbons (Fsp3) is 0.0455. The van der Waals surface area contributed by atoms with Crippen molar-refractivity contribution in [2.45, 2.75) is 0 Å². The molecule has 0 saturated heterocycles. The van der Waals surface area contributed by atoms with Gasteiger partial charge in [0.1, 0.15) is 5.69 Å². The van der Waals surface area contributed by atoms with Crippen LogP contribution in [0.2, 0.25) is 0 Å². The number of nitrogens with two attached hydrogens (primary N) is 1. The summed E-state index contributed by atoms with van der Waals surface area (Å²) in [4.78, 5) is 9.18. The van der Waals surface area contributed by atoms with Gasteiger partial charge in [0.2, 0.25) is 0 Å². The van der Waals surface area contributed by atoms with Gasteiger partial charge >= 0.3 is 0 Å². The van der Waals surface area contributed by atoms with E-state index in [1.807, 2.05) is 73.8 Å². The molecule has 0 spiro atoms. The molecule has 6 heteroatoms. The molecule has 0 atom stereocenters. The van der Waals surface area contributed by atoms with E-state index in [-0.39, 0.29) is 5.84 Å². The number of amidine groups is 1. The normalized spacial score (nSPS) is 11.5. The van der Waals surface area contributed by atoms with Crippen LogP contribution in [0.4, 0.5) is 5.69 Å². The van der Waals surface area contributed by atoms with Gasteiger partial charge in [-0.3, -0.25) is 4.98 Å². The van der Waals surface area contributed by atoms with E-state index in [0.29, 0.717) is 5.69 Å². The second-order valence-electron chi connectivity index (χ2n) is 6.29. The molecule has 2 aromatic heterocycles. The zero-order valence-corrected chi connectivity index (χ0v) is 15.3. The monoisotopic (exact) mass is 369 g/mol. The Morgan fingerprint density at radius 1 is 1.00 bits per heavy atom. The second-order valence-corrected chi connectivity index (χ2v) is 6.29. The van der Waals surface area contributed by atoms with E-state index in [1.54, 1.807) is 6.20 Å². The molecule has 0 aliphatic rings. The van der Waals surface area contributed by atoms with Gasteiger partial charge in [0.05, 0.1) is 11.2 Å². The van der Waals surface area contributed by atoms with Crippen LogP contribution in [0.1, 0.15) is 5.69 Å². The highest BCUT2D eigenvalue weighted by Crippen LogP contribution is 2.34. The molecule has 0 aliphatic carbocycles. The summed E-state index contributed by atoms with van der Waals surface area (Å²) in [5.74, 6) is -0.0439. The van der Waals surface area contributed by atoms with Gasteiger partial charge in [0.15, 0.2) is 5.84 Å². The molecular weight excluding hydrogens is 350 g/mol. The summed E-state index contributed by atoms with van der Waals surface area (Å²) in [6.07, 6.45) is 1.61. The smallest absolute Gasteiger partial charge is 0.189 e. The maximum Gasteiger partial charge on any atom is 0.189 e. The van der Waals surface area contributed by atoms with Crippen LogP contribution < -0.4 is 11.1 Å². The van der Waals surface area contributed by atoms with E-state index < -0.39 is 0 Å². The topological polar surface area (TPSA) is 96.4 Å². The Balaban J connectivity index is 2.02. The highest BCUT2D eigenvalue weighted by molar-refractivity contribution is 6.07. The molecule has 6 nitrogen and oxygen atoms in total. The summed E-state index contributed by atoms with van der Waals surface area (Å²) in [5.41, 5.74) is 11.8. The number of nitrogens with one attached hydrogen (secondary N) is 1. The average Bonchev–Trinajstić information content (AvgIpc) is 2.78. The molecule has 0 unspecified atom stereocenters. The zero-order valence-electron chi connectivity index (χ0n) is 15.3. The van der Waals surface area contributed by atoms with E-state index in [2.05, 4.69) is 15.5 Å². The molecule has 0 amide bonds. The molecule has 0 radical (unpaired) electrons. The predicted octanol–water partition coefficient (Wildman–Crippen LogP) is 4.10. The van der Waals surface area contributed by atoms with E-state index >= 15 is 0 Å². The quantitative estimate of drug-likeness (QED) is 0.218. The molecule has 2 aromatic carbocycles. The predicted molar refractivity (Wildman–Crippen MR) is 112 cm³/mol. The Labute approximate surface area is 162 Å². The summed E-state index contributed by atoms with van der Waals surface area (Å²) < 4.78 is 0. The van der Waals surface area contributed by atoms with Crippen molar-refractivity contribution in [1.29, 1.82) is 0 Å². The van der Waals surface area contributed by atoms with Crippen molar-refractivity contribution in [1.82, 2.24) is 9.97 Å². The van der Waals surface area contributed by atoms with Gasteiger partial charge < -0.3 is 16.3 Å². The van der Waals surface area contributed by atoms with Crippen LogP contribution in [0.15, 0.2) is 78.1 Å². The standard InChI is InChI=1S/C22H19N5O/c1-24-16-9-7-15(8-10-16)20-17(14-5-3-2-4-6-14)13-18-19(26-20)11-12-25-21(18)22(23)27-28/h2-13,24,28H,1H3,(H2,23,27). The first kappa shape index (κ1) is 17.5. The fourth-order valence-electron chi connectivity index (χ4n) is 3.20. The molecule has 4 aromatic rings. The highest BCUT2D eigenvalue weighted by atomic mass is 16.4. The van der Waals surface area contributed by atoms with Crippen LogP contribution in [-0.2, 0) is 0 Å². The van der Waals surface area contributed by atoms with Crippen LogP contribution in [0.25, 0.3) is 33.3 Å². The van der Waals surface area contributed by atoms with Gasteiger partial charge in [-0.2, -0.15) is 0 Å². The first-order chi connectivity index (χ1) is 13.7. The summed E-state index contributed by atoms with van der Waals surface area (Å²) in [5, 5.41) is 16.1. The van der Waals surface area contributed by atoms with Gasteiger partial charge in [-0.25, -0.2) is 4.98 Å². The summed E-state index contributed by atoms with van der Waals surface area (Å²) >= 11 is 0. The van der Waals surface area contributed by atoms with E-state index in [1.165, 1.54) is 0 Å². The largest absolute Gasteiger partial charge is 0.409 e. The van der Waals surface area contributed by atoms with E-state index in [0.717, 1.165) is 39.0 Å². The minimum Gasteiger partial charge on any atom is -0.409 e. The summed E-state index contributed by atoms with van der Waals surface area (Å²) in [6, 6.07) is 22.0. The van der Waals surface area contributed by atoms with Crippen molar-refractivity contribution in [2.75, 3.05) is 12.4 Å². The molecule has 0 bridgehead atoms. The Kier molecular flexibility index (Phi) is 4.60. The fourth-order valence-corrected chi connectivity index (χ4v) is 3.20.